The third-order valence-corrected chi connectivity index (χ3v) is 6.15. The summed E-state index contributed by atoms with van der Waals surface area (Å²) >= 11 is 0. The number of anilines is 2. The van der Waals surface area contributed by atoms with Crippen LogP contribution in [0.25, 0.3) is 0 Å². The molecule has 1 amide bonds. The minimum atomic E-state index is -3.61. The van der Waals surface area contributed by atoms with Crippen molar-refractivity contribution in [1.29, 1.82) is 0 Å². The van der Waals surface area contributed by atoms with Crippen LogP contribution in [0.3, 0.4) is 0 Å². The fourth-order valence-corrected chi connectivity index (χ4v) is 4.50. The zero-order valence-electron chi connectivity index (χ0n) is 16.9. The molecule has 1 aliphatic heterocycles. The van der Waals surface area contributed by atoms with Crippen LogP contribution in [-0.2, 0) is 20.6 Å². The molecule has 0 atom stereocenters. The van der Waals surface area contributed by atoms with Gasteiger partial charge in [-0.1, -0.05) is 23.8 Å². The van der Waals surface area contributed by atoms with Crippen molar-refractivity contribution >= 4 is 27.3 Å². The molecule has 0 aliphatic carbocycles. The Morgan fingerprint density at radius 1 is 1.14 bits per heavy atom. The number of benzene rings is 2. The summed E-state index contributed by atoms with van der Waals surface area (Å²) in [4.78, 5) is 14.2. The van der Waals surface area contributed by atoms with Gasteiger partial charge in [-0.3, -0.25) is 9.52 Å². The van der Waals surface area contributed by atoms with Gasteiger partial charge < -0.3 is 9.64 Å². The third-order valence-electron chi connectivity index (χ3n) is 4.92. The predicted octanol–water partition coefficient (Wildman–Crippen LogP) is 3.63. The van der Waals surface area contributed by atoms with E-state index < -0.39 is 15.4 Å². The number of nitrogens with zero attached hydrogens (tertiary/aromatic N) is 1. The van der Waals surface area contributed by atoms with E-state index in [1.165, 1.54) is 4.90 Å². The number of carbonyl (C=O) groups excluding carboxylic acids is 1. The Kier molecular flexibility index (Phi) is 5.14. The topological polar surface area (TPSA) is 75.7 Å². The SMILES string of the molecule is Cc1ccc(C)c(CS(=O)(=O)Nc2ccc3c(c2)N(C)C(=O)C(C)(C)CO3)c1. The molecule has 0 aromatic heterocycles. The number of sulfonamides is 1. The van der Waals surface area contributed by atoms with Crippen LogP contribution in [0.4, 0.5) is 11.4 Å². The molecule has 28 heavy (non-hydrogen) atoms. The summed E-state index contributed by atoms with van der Waals surface area (Å²) in [6, 6.07) is 10.7. The van der Waals surface area contributed by atoms with E-state index >= 15 is 0 Å². The van der Waals surface area contributed by atoms with Crippen LogP contribution in [0.5, 0.6) is 5.75 Å². The summed E-state index contributed by atoms with van der Waals surface area (Å²) in [5, 5.41) is 0. The molecule has 2 aromatic carbocycles. The third kappa shape index (κ3) is 4.14. The lowest BCUT2D eigenvalue weighted by atomic mass is 9.93. The van der Waals surface area contributed by atoms with Crippen molar-refractivity contribution in [1.82, 2.24) is 0 Å². The summed E-state index contributed by atoms with van der Waals surface area (Å²) < 4.78 is 33.8. The molecule has 150 valence electrons. The lowest BCUT2D eigenvalue weighted by Gasteiger charge is -2.24. The molecule has 0 bridgehead atoms. The Morgan fingerprint density at radius 3 is 2.57 bits per heavy atom. The van der Waals surface area contributed by atoms with Crippen LogP contribution < -0.4 is 14.4 Å². The van der Waals surface area contributed by atoms with E-state index in [9.17, 15) is 13.2 Å². The molecule has 0 radical (unpaired) electrons. The van der Waals surface area contributed by atoms with Gasteiger partial charge in [-0.15, -0.1) is 0 Å². The van der Waals surface area contributed by atoms with Crippen molar-refractivity contribution in [3.05, 3.63) is 53.1 Å². The second kappa shape index (κ2) is 7.13. The quantitative estimate of drug-likeness (QED) is 0.847. The van der Waals surface area contributed by atoms with Gasteiger partial charge in [0.2, 0.25) is 15.9 Å². The van der Waals surface area contributed by atoms with E-state index in [0.29, 0.717) is 17.1 Å². The molecule has 0 fully saturated rings. The molecule has 0 saturated carbocycles. The molecule has 6 nitrogen and oxygen atoms in total. The first-order valence-electron chi connectivity index (χ1n) is 9.10. The Balaban J connectivity index is 1.87. The Bertz CT molecular complexity index is 1030. The van der Waals surface area contributed by atoms with Crippen molar-refractivity contribution in [2.75, 3.05) is 23.3 Å². The first kappa shape index (κ1) is 20.2. The highest BCUT2D eigenvalue weighted by Gasteiger charge is 2.36. The normalized spacial score (nSPS) is 16.2. The maximum absolute atomic E-state index is 12.7. The van der Waals surface area contributed by atoms with Gasteiger partial charge in [-0.25, -0.2) is 8.42 Å². The molecular formula is C21H26N2O4S. The van der Waals surface area contributed by atoms with Crippen LogP contribution in [0.15, 0.2) is 36.4 Å². The monoisotopic (exact) mass is 402 g/mol. The highest BCUT2D eigenvalue weighted by Crippen LogP contribution is 2.37. The van der Waals surface area contributed by atoms with Crippen LogP contribution in [0, 0.1) is 19.3 Å². The van der Waals surface area contributed by atoms with E-state index in [1.54, 1.807) is 25.2 Å². The van der Waals surface area contributed by atoms with Crippen molar-refractivity contribution in [3.8, 4) is 5.75 Å². The average molecular weight is 403 g/mol. The smallest absolute Gasteiger partial charge is 0.236 e. The first-order chi connectivity index (χ1) is 13.0. The van der Waals surface area contributed by atoms with Crippen LogP contribution in [0.1, 0.15) is 30.5 Å². The molecule has 2 aromatic rings. The fourth-order valence-electron chi connectivity index (χ4n) is 3.22. The molecule has 3 rings (SSSR count). The number of carbonyl (C=O) groups is 1. The number of aryl methyl sites for hydroxylation is 2. The largest absolute Gasteiger partial charge is 0.490 e. The zero-order valence-corrected chi connectivity index (χ0v) is 17.7. The van der Waals surface area contributed by atoms with Gasteiger partial charge in [0.1, 0.15) is 12.4 Å². The summed E-state index contributed by atoms with van der Waals surface area (Å²) in [6.45, 7) is 7.74. The number of rotatable bonds is 4. The number of ether oxygens (including phenoxy) is 1. The molecule has 1 heterocycles. The van der Waals surface area contributed by atoms with Crippen molar-refractivity contribution in [2.45, 2.75) is 33.4 Å². The number of fused-ring (bicyclic) bond motifs is 1. The highest BCUT2D eigenvalue weighted by molar-refractivity contribution is 7.91. The zero-order chi connectivity index (χ0) is 20.7. The minimum absolute atomic E-state index is 0.0818. The van der Waals surface area contributed by atoms with Crippen LogP contribution >= 0.6 is 0 Å². The lowest BCUT2D eigenvalue weighted by Crippen LogP contribution is -2.39. The summed E-state index contributed by atoms with van der Waals surface area (Å²) in [6.07, 6.45) is 0. The molecule has 1 N–H and O–H groups in total. The molecule has 7 heteroatoms. The standard InChI is InChI=1S/C21H26N2O4S/c1-14-6-7-15(2)16(10-14)12-28(25,26)22-17-8-9-19-18(11-17)23(5)20(24)21(3,4)13-27-19/h6-11,22H,12-13H2,1-5H3. The van der Waals surface area contributed by atoms with Gasteiger partial charge in [0.15, 0.2) is 0 Å². The lowest BCUT2D eigenvalue weighted by molar-refractivity contribution is -0.127. The first-order valence-corrected chi connectivity index (χ1v) is 10.8. The Morgan fingerprint density at radius 2 is 1.86 bits per heavy atom. The minimum Gasteiger partial charge on any atom is -0.490 e. The second-order valence-electron chi connectivity index (χ2n) is 8.01. The van der Waals surface area contributed by atoms with Gasteiger partial charge in [-0.05, 0) is 57.0 Å². The van der Waals surface area contributed by atoms with Gasteiger partial charge in [-0.2, -0.15) is 0 Å². The molecular weight excluding hydrogens is 376 g/mol. The maximum atomic E-state index is 12.7. The summed E-state index contributed by atoms with van der Waals surface area (Å²) in [5.74, 6) is 0.358. The fraction of sp³-hybridized carbons (Fsp3) is 0.381. The van der Waals surface area contributed by atoms with Gasteiger partial charge in [0.05, 0.1) is 22.5 Å². The van der Waals surface area contributed by atoms with E-state index in [4.69, 9.17) is 4.74 Å². The van der Waals surface area contributed by atoms with Crippen molar-refractivity contribution in [3.63, 3.8) is 0 Å². The van der Waals surface area contributed by atoms with E-state index in [2.05, 4.69) is 4.72 Å². The Hall–Kier alpha value is -2.54. The van der Waals surface area contributed by atoms with E-state index in [-0.39, 0.29) is 18.3 Å². The molecule has 0 saturated heterocycles. The van der Waals surface area contributed by atoms with E-state index in [1.807, 2.05) is 45.9 Å². The molecule has 0 unspecified atom stereocenters. The predicted molar refractivity (Wildman–Crippen MR) is 111 cm³/mol. The number of amides is 1. The molecule has 0 spiro atoms. The summed E-state index contributed by atoms with van der Waals surface area (Å²) in [7, 11) is -1.94. The van der Waals surface area contributed by atoms with Crippen LogP contribution in [-0.4, -0.2) is 28.0 Å². The Labute approximate surface area is 166 Å². The number of nitrogens with one attached hydrogen (secondary N) is 1. The number of hydrogen-bond acceptors (Lipinski definition) is 4. The van der Waals surface area contributed by atoms with Gasteiger partial charge in [0, 0.05) is 7.05 Å². The maximum Gasteiger partial charge on any atom is 0.236 e. The average Bonchev–Trinajstić information content (AvgIpc) is 2.68. The van der Waals surface area contributed by atoms with Crippen LogP contribution in [0.2, 0.25) is 0 Å². The van der Waals surface area contributed by atoms with Gasteiger partial charge in [0.25, 0.3) is 0 Å². The van der Waals surface area contributed by atoms with Crippen molar-refractivity contribution in [2.24, 2.45) is 5.41 Å². The molecule has 1 aliphatic rings. The second-order valence-corrected chi connectivity index (χ2v) is 9.73. The number of hydrogen-bond donors (Lipinski definition) is 1. The van der Waals surface area contributed by atoms with E-state index in [0.717, 1.165) is 16.7 Å². The van der Waals surface area contributed by atoms with Gasteiger partial charge >= 0.3 is 0 Å². The van der Waals surface area contributed by atoms with Crippen molar-refractivity contribution < 1.29 is 17.9 Å². The summed E-state index contributed by atoms with van der Waals surface area (Å²) in [5.41, 5.74) is 2.99. The highest BCUT2D eigenvalue weighted by atomic mass is 32.2.